The van der Waals surface area contributed by atoms with Crippen LogP contribution in [0.5, 0.6) is 0 Å². The van der Waals surface area contributed by atoms with Crippen LogP contribution in [0.15, 0.2) is 34.8 Å². The topological polar surface area (TPSA) is 25.8 Å². The molecule has 2 nitrogen and oxygen atoms in total. The van der Waals surface area contributed by atoms with Gasteiger partial charge in [-0.3, -0.25) is 0 Å². The molecule has 0 fully saturated rings. The molecule has 2 rings (SSSR count). The van der Waals surface area contributed by atoms with Crippen molar-refractivity contribution in [2.75, 3.05) is 0 Å². The van der Waals surface area contributed by atoms with Crippen molar-refractivity contribution >= 4 is 27.5 Å². The van der Waals surface area contributed by atoms with Crippen LogP contribution in [0.1, 0.15) is 19.2 Å². The van der Waals surface area contributed by atoms with Crippen LogP contribution < -0.4 is 0 Å². The van der Waals surface area contributed by atoms with Crippen molar-refractivity contribution < 1.29 is 0 Å². The van der Waals surface area contributed by atoms with Gasteiger partial charge in [0.1, 0.15) is 11.0 Å². The number of hydrogen-bond donors (Lipinski definition) is 0. The van der Waals surface area contributed by atoms with Crippen molar-refractivity contribution in [1.29, 1.82) is 0 Å². The lowest BCUT2D eigenvalue weighted by atomic mass is 10.1. The fraction of sp³-hybridized carbons (Fsp3) is 0.231. The number of rotatable bonds is 3. The van der Waals surface area contributed by atoms with Crippen LogP contribution in [-0.4, -0.2) is 9.97 Å². The third kappa shape index (κ3) is 3.05. The van der Waals surface area contributed by atoms with E-state index in [4.69, 9.17) is 11.6 Å². The van der Waals surface area contributed by atoms with Crippen molar-refractivity contribution in [2.24, 2.45) is 0 Å². The number of aryl methyl sites for hydroxylation is 1. The molecule has 0 saturated heterocycles. The van der Waals surface area contributed by atoms with E-state index in [0.717, 1.165) is 34.4 Å². The van der Waals surface area contributed by atoms with Gasteiger partial charge in [0.25, 0.3) is 0 Å². The molecule has 17 heavy (non-hydrogen) atoms. The normalized spacial score (nSPS) is 10.5. The SMILES string of the molecule is CCCc1nc(Cl)cc(-c2ccccc2Br)n1. The summed E-state index contributed by atoms with van der Waals surface area (Å²) in [6.45, 7) is 2.10. The Kier molecular flexibility index (Phi) is 4.13. The first kappa shape index (κ1) is 12.5. The molecule has 0 aliphatic carbocycles. The fourth-order valence-corrected chi connectivity index (χ4v) is 2.30. The minimum Gasteiger partial charge on any atom is -0.233 e. The number of nitrogens with zero attached hydrogens (tertiary/aromatic N) is 2. The molecule has 1 aromatic heterocycles. The average Bonchev–Trinajstić information content (AvgIpc) is 2.29. The molecule has 0 bridgehead atoms. The Morgan fingerprint density at radius 2 is 2.00 bits per heavy atom. The second-order valence-electron chi connectivity index (χ2n) is 3.72. The highest BCUT2D eigenvalue weighted by Gasteiger charge is 2.07. The quantitative estimate of drug-likeness (QED) is 0.779. The van der Waals surface area contributed by atoms with Crippen LogP contribution in [0.4, 0.5) is 0 Å². The molecule has 0 atom stereocenters. The minimum absolute atomic E-state index is 0.495. The molecule has 1 aromatic carbocycles. The fourth-order valence-electron chi connectivity index (χ4n) is 1.61. The molecular formula is C13H12BrClN2. The Labute approximate surface area is 114 Å². The maximum atomic E-state index is 6.02. The molecule has 0 aliphatic rings. The first-order valence-corrected chi connectivity index (χ1v) is 6.66. The lowest BCUT2D eigenvalue weighted by molar-refractivity contribution is 0.836. The Morgan fingerprint density at radius 3 is 2.71 bits per heavy atom. The van der Waals surface area contributed by atoms with Gasteiger partial charge in [0.2, 0.25) is 0 Å². The van der Waals surface area contributed by atoms with Crippen LogP contribution in [0.3, 0.4) is 0 Å². The molecule has 0 unspecified atom stereocenters. The van der Waals surface area contributed by atoms with Crippen molar-refractivity contribution in [1.82, 2.24) is 9.97 Å². The van der Waals surface area contributed by atoms with Gasteiger partial charge in [0, 0.05) is 22.5 Å². The van der Waals surface area contributed by atoms with E-state index in [1.54, 1.807) is 6.07 Å². The Bertz CT molecular complexity index is 529. The molecule has 0 aliphatic heterocycles. The lowest BCUT2D eigenvalue weighted by Gasteiger charge is -2.06. The van der Waals surface area contributed by atoms with E-state index >= 15 is 0 Å². The van der Waals surface area contributed by atoms with E-state index < -0.39 is 0 Å². The number of hydrogen-bond acceptors (Lipinski definition) is 2. The summed E-state index contributed by atoms with van der Waals surface area (Å²) in [5.74, 6) is 0.797. The van der Waals surface area contributed by atoms with Crippen molar-refractivity contribution in [2.45, 2.75) is 19.8 Å². The van der Waals surface area contributed by atoms with E-state index in [2.05, 4.69) is 32.8 Å². The smallest absolute Gasteiger partial charge is 0.133 e. The summed E-state index contributed by atoms with van der Waals surface area (Å²) in [5.41, 5.74) is 1.90. The summed E-state index contributed by atoms with van der Waals surface area (Å²) in [7, 11) is 0. The second-order valence-corrected chi connectivity index (χ2v) is 4.96. The third-order valence-corrected chi connectivity index (χ3v) is 3.25. The summed E-state index contributed by atoms with van der Waals surface area (Å²) in [4.78, 5) is 8.75. The molecule has 0 spiro atoms. The molecule has 1 heterocycles. The zero-order chi connectivity index (χ0) is 12.3. The van der Waals surface area contributed by atoms with Gasteiger partial charge >= 0.3 is 0 Å². The average molecular weight is 312 g/mol. The second kappa shape index (κ2) is 5.61. The standard InChI is InChI=1S/C13H12BrClN2/c1-2-5-13-16-11(8-12(15)17-13)9-6-3-4-7-10(9)14/h3-4,6-8H,2,5H2,1H3. The van der Waals surface area contributed by atoms with E-state index in [-0.39, 0.29) is 0 Å². The van der Waals surface area contributed by atoms with Crippen LogP contribution >= 0.6 is 27.5 Å². The lowest BCUT2D eigenvalue weighted by Crippen LogP contribution is -1.97. The zero-order valence-corrected chi connectivity index (χ0v) is 11.8. The summed E-state index contributed by atoms with van der Waals surface area (Å²) in [6.07, 6.45) is 1.85. The highest BCUT2D eigenvalue weighted by atomic mass is 79.9. The molecule has 88 valence electrons. The predicted molar refractivity (Wildman–Crippen MR) is 74.2 cm³/mol. The number of aromatic nitrogens is 2. The summed E-state index contributed by atoms with van der Waals surface area (Å²) in [6, 6.07) is 9.75. The first-order valence-electron chi connectivity index (χ1n) is 5.49. The molecule has 0 N–H and O–H groups in total. The van der Waals surface area contributed by atoms with Gasteiger partial charge in [-0.15, -0.1) is 0 Å². The van der Waals surface area contributed by atoms with E-state index in [9.17, 15) is 0 Å². The van der Waals surface area contributed by atoms with Gasteiger partial charge in [-0.2, -0.15) is 0 Å². The number of halogens is 2. The van der Waals surface area contributed by atoms with Crippen molar-refractivity contribution in [3.8, 4) is 11.3 Å². The van der Waals surface area contributed by atoms with Crippen LogP contribution in [-0.2, 0) is 6.42 Å². The third-order valence-electron chi connectivity index (χ3n) is 2.36. The Morgan fingerprint density at radius 1 is 1.24 bits per heavy atom. The summed E-state index contributed by atoms with van der Waals surface area (Å²) >= 11 is 9.54. The Hall–Kier alpha value is -0.930. The molecule has 0 amide bonds. The zero-order valence-electron chi connectivity index (χ0n) is 9.45. The largest absolute Gasteiger partial charge is 0.233 e. The molecule has 0 saturated carbocycles. The van der Waals surface area contributed by atoms with E-state index in [1.807, 2.05) is 24.3 Å². The first-order chi connectivity index (χ1) is 8.20. The molecule has 0 radical (unpaired) electrons. The van der Waals surface area contributed by atoms with Crippen molar-refractivity contribution in [3.63, 3.8) is 0 Å². The minimum atomic E-state index is 0.495. The summed E-state index contributed by atoms with van der Waals surface area (Å²) < 4.78 is 1.01. The monoisotopic (exact) mass is 310 g/mol. The van der Waals surface area contributed by atoms with Gasteiger partial charge < -0.3 is 0 Å². The van der Waals surface area contributed by atoms with Crippen LogP contribution in [0.2, 0.25) is 5.15 Å². The predicted octanol–water partition coefficient (Wildman–Crippen LogP) is 4.51. The van der Waals surface area contributed by atoms with Crippen LogP contribution in [0.25, 0.3) is 11.3 Å². The van der Waals surface area contributed by atoms with Crippen molar-refractivity contribution in [3.05, 3.63) is 45.8 Å². The Balaban J connectivity index is 2.48. The number of benzene rings is 1. The van der Waals surface area contributed by atoms with Gasteiger partial charge in [0.05, 0.1) is 5.69 Å². The van der Waals surface area contributed by atoms with E-state index in [0.29, 0.717) is 5.15 Å². The van der Waals surface area contributed by atoms with Crippen LogP contribution in [0, 0.1) is 0 Å². The van der Waals surface area contributed by atoms with Gasteiger partial charge in [-0.1, -0.05) is 52.7 Å². The van der Waals surface area contributed by atoms with Gasteiger partial charge in [-0.25, -0.2) is 9.97 Å². The maximum absolute atomic E-state index is 6.02. The van der Waals surface area contributed by atoms with E-state index in [1.165, 1.54) is 0 Å². The van der Waals surface area contributed by atoms with Gasteiger partial charge in [0.15, 0.2) is 0 Å². The summed E-state index contributed by atoms with van der Waals surface area (Å²) in [5, 5.41) is 0.495. The maximum Gasteiger partial charge on any atom is 0.133 e. The molecule has 4 heteroatoms. The highest BCUT2D eigenvalue weighted by molar-refractivity contribution is 9.10. The van der Waals surface area contributed by atoms with Gasteiger partial charge in [-0.05, 0) is 12.5 Å². The molecular weight excluding hydrogens is 300 g/mol. The highest BCUT2D eigenvalue weighted by Crippen LogP contribution is 2.27. The molecule has 2 aromatic rings.